The van der Waals surface area contributed by atoms with E-state index < -0.39 is 12.0 Å². The van der Waals surface area contributed by atoms with Gasteiger partial charge in [-0.25, -0.2) is 9.59 Å². The monoisotopic (exact) mass is 488 g/mol. The summed E-state index contributed by atoms with van der Waals surface area (Å²) in [7, 11) is 4.73. The number of carbonyl (C=O) groups excluding carboxylic acids is 3. The van der Waals surface area contributed by atoms with Crippen molar-refractivity contribution in [3.8, 4) is 11.5 Å². The van der Waals surface area contributed by atoms with Crippen molar-refractivity contribution in [1.29, 1.82) is 0 Å². The van der Waals surface area contributed by atoms with Gasteiger partial charge < -0.3 is 24.4 Å². The normalized spacial score (nSPS) is 21.0. The molecule has 1 saturated heterocycles. The van der Waals surface area contributed by atoms with Crippen molar-refractivity contribution in [3.05, 3.63) is 35.0 Å². The third-order valence-corrected chi connectivity index (χ3v) is 6.53. The average Bonchev–Trinajstić information content (AvgIpc) is 2.85. The van der Waals surface area contributed by atoms with Gasteiger partial charge in [-0.3, -0.25) is 14.6 Å². The van der Waals surface area contributed by atoms with Crippen LogP contribution in [0.1, 0.15) is 38.8 Å². The summed E-state index contributed by atoms with van der Waals surface area (Å²) in [5.41, 5.74) is 1.50. The van der Waals surface area contributed by atoms with Gasteiger partial charge in [0.25, 0.3) is 0 Å². The molecule has 1 aromatic carbocycles. The molecule has 0 bridgehead atoms. The molecule has 2 aliphatic rings. The van der Waals surface area contributed by atoms with Crippen molar-refractivity contribution in [2.24, 2.45) is 0 Å². The summed E-state index contributed by atoms with van der Waals surface area (Å²) < 4.78 is 16.4. The molecule has 10 heteroatoms. The molecule has 0 aromatic heterocycles. The number of rotatable bonds is 8. The van der Waals surface area contributed by atoms with Crippen molar-refractivity contribution < 1.29 is 28.6 Å². The molecule has 2 heterocycles. The van der Waals surface area contributed by atoms with Crippen LogP contribution in [-0.2, 0) is 14.3 Å². The van der Waals surface area contributed by atoms with Gasteiger partial charge in [0.05, 0.1) is 32.4 Å². The topological polar surface area (TPSA) is 101 Å². The highest BCUT2D eigenvalue weighted by molar-refractivity contribution is 5.95. The average molecular weight is 489 g/mol. The van der Waals surface area contributed by atoms with Crippen molar-refractivity contribution in [2.45, 2.75) is 39.3 Å². The number of esters is 1. The first-order valence-electron chi connectivity index (χ1n) is 11.9. The number of nitrogens with zero attached hydrogens (tertiary/aromatic N) is 3. The molecule has 1 fully saturated rings. The van der Waals surface area contributed by atoms with Gasteiger partial charge in [-0.05, 0) is 32.0 Å². The number of hydrogen-bond acceptors (Lipinski definition) is 7. The van der Waals surface area contributed by atoms with Gasteiger partial charge in [-0.1, -0.05) is 6.92 Å². The largest absolute Gasteiger partial charge is 0.497 e. The highest BCUT2D eigenvalue weighted by atomic mass is 16.5. The first-order valence-corrected chi connectivity index (χ1v) is 11.9. The van der Waals surface area contributed by atoms with E-state index in [1.54, 1.807) is 39.3 Å². The predicted octanol–water partition coefficient (Wildman–Crippen LogP) is 2.16. The molecule has 10 nitrogen and oxygen atoms in total. The summed E-state index contributed by atoms with van der Waals surface area (Å²) >= 11 is 0. The van der Waals surface area contributed by atoms with Crippen LogP contribution in [0.2, 0.25) is 0 Å². The number of carbonyl (C=O) groups is 3. The van der Waals surface area contributed by atoms with E-state index in [1.165, 1.54) is 12.0 Å². The number of likely N-dealkylation sites (N-methyl/N-ethyl adjacent to an activating group) is 1. The summed E-state index contributed by atoms with van der Waals surface area (Å²) in [6, 6.07) is 4.16. The second-order valence-electron chi connectivity index (χ2n) is 8.66. The van der Waals surface area contributed by atoms with Crippen LogP contribution in [0.15, 0.2) is 29.5 Å². The van der Waals surface area contributed by atoms with Crippen LogP contribution in [-0.4, -0.2) is 92.7 Å². The van der Waals surface area contributed by atoms with Gasteiger partial charge in [0.2, 0.25) is 5.91 Å². The van der Waals surface area contributed by atoms with E-state index in [1.807, 2.05) is 18.7 Å². The van der Waals surface area contributed by atoms with E-state index in [0.29, 0.717) is 60.9 Å². The molecule has 2 aliphatic heterocycles. The number of benzene rings is 1. The van der Waals surface area contributed by atoms with Gasteiger partial charge in [0.1, 0.15) is 11.5 Å². The number of piperazine rings is 1. The third kappa shape index (κ3) is 5.53. The lowest BCUT2D eigenvalue weighted by molar-refractivity contribution is -0.139. The molecule has 3 rings (SSSR count). The molecule has 0 aliphatic carbocycles. The molecule has 0 radical (unpaired) electrons. The number of hydrogen-bond donors (Lipinski definition) is 1. The van der Waals surface area contributed by atoms with Crippen LogP contribution in [0.3, 0.4) is 0 Å². The van der Waals surface area contributed by atoms with Crippen molar-refractivity contribution in [2.75, 3.05) is 54.1 Å². The molecular formula is C25H36N4O6. The number of nitrogens with one attached hydrogen (secondary N) is 1. The van der Waals surface area contributed by atoms with Crippen LogP contribution in [0.4, 0.5) is 4.79 Å². The molecule has 35 heavy (non-hydrogen) atoms. The first kappa shape index (κ1) is 26.3. The van der Waals surface area contributed by atoms with Crippen LogP contribution >= 0.6 is 0 Å². The summed E-state index contributed by atoms with van der Waals surface area (Å²) in [6.45, 7) is 8.05. The summed E-state index contributed by atoms with van der Waals surface area (Å²) in [5, 5.41) is 2.92. The molecule has 3 amide bonds. The maximum atomic E-state index is 13.3. The fourth-order valence-electron chi connectivity index (χ4n) is 4.66. The maximum absolute atomic E-state index is 13.3. The Labute approximate surface area is 206 Å². The van der Waals surface area contributed by atoms with Crippen molar-refractivity contribution in [3.63, 3.8) is 0 Å². The molecule has 1 N–H and O–H groups in total. The Balaban J connectivity index is 2.04. The first-order chi connectivity index (χ1) is 16.7. The Morgan fingerprint density at radius 2 is 1.89 bits per heavy atom. The minimum Gasteiger partial charge on any atom is -0.497 e. The summed E-state index contributed by atoms with van der Waals surface area (Å²) in [5.74, 6) is 0.714. The Bertz CT molecular complexity index is 994. The Hall–Kier alpha value is -3.27. The highest BCUT2D eigenvalue weighted by Crippen LogP contribution is 2.38. The minimum atomic E-state index is -0.779. The number of urea groups is 1. The van der Waals surface area contributed by atoms with Gasteiger partial charge >= 0.3 is 12.0 Å². The van der Waals surface area contributed by atoms with Crippen LogP contribution in [0.25, 0.3) is 0 Å². The van der Waals surface area contributed by atoms with Crippen LogP contribution < -0.4 is 14.8 Å². The zero-order valence-corrected chi connectivity index (χ0v) is 21.4. The highest BCUT2D eigenvalue weighted by Gasteiger charge is 2.39. The molecular weight excluding hydrogens is 452 g/mol. The smallest absolute Gasteiger partial charge is 0.338 e. The van der Waals surface area contributed by atoms with E-state index in [9.17, 15) is 14.4 Å². The standard InChI is InChI=1S/C25H36N4O6/c1-7-21(30)29-12-11-28(14-16(29)3)15-19-22(24(31)35-8-2)23(26-25(32)27(19)4)18-13-17(33-5)9-10-20(18)34-6/h9-10,13,16,23H,7-8,11-12,14-15H2,1-6H3,(H,26,32). The van der Waals surface area contributed by atoms with E-state index >= 15 is 0 Å². The third-order valence-electron chi connectivity index (χ3n) is 6.53. The molecule has 2 unspecified atom stereocenters. The lowest BCUT2D eigenvalue weighted by atomic mass is 9.93. The molecule has 192 valence electrons. The zero-order valence-electron chi connectivity index (χ0n) is 21.4. The Kier molecular flexibility index (Phi) is 8.61. The molecule has 1 aromatic rings. The SMILES string of the molecule is CCOC(=O)C1=C(CN2CCN(C(=O)CC)C(C)C2)N(C)C(=O)NC1c1cc(OC)ccc1OC. The van der Waals surface area contributed by atoms with E-state index in [0.717, 1.165) is 0 Å². The van der Waals surface area contributed by atoms with Crippen LogP contribution in [0, 0.1) is 0 Å². The minimum absolute atomic E-state index is 0.0276. The van der Waals surface area contributed by atoms with Crippen LogP contribution in [0.5, 0.6) is 11.5 Å². The zero-order chi connectivity index (χ0) is 25.7. The van der Waals surface area contributed by atoms with E-state index in [4.69, 9.17) is 14.2 Å². The predicted molar refractivity (Wildman–Crippen MR) is 130 cm³/mol. The Morgan fingerprint density at radius 1 is 1.14 bits per heavy atom. The second-order valence-corrected chi connectivity index (χ2v) is 8.66. The summed E-state index contributed by atoms with van der Waals surface area (Å²) in [4.78, 5) is 44.1. The van der Waals surface area contributed by atoms with E-state index in [-0.39, 0.29) is 24.6 Å². The number of amides is 3. The fourth-order valence-corrected chi connectivity index (χ4v) is 4.66. The number of methoxy groups -OCH3 is 2. The number of ether oxygens (including phenoxy) is 3. The van der Waals surface area contributed by atoms with Gasteiger partial charge in [-0.15, -0.1) is 0 Å². The quantitative estimate of drug-likeness (QED) is 0.560. The van der Waals surface area contributed by atoms with Crippen molar-refractivity contribution >= 4 is 17.9 Å². The summed E-state index contributed by atoms with van der Waals surface area (Å²) in [6.07, 6.45) is 0.468. The van der Waals surface area contributed by atoms with Crippen molar-refractivity contribution in [1.82, 2.24) is 20.0 Å². The Morgan fingerprint density at radius 3 is 2.49 bits per heavy atom. The van der Waals surface area contributed by atoms with Gasteiger partial charge in [-0.2, -0.15) is 0 Å². The van der Waals surface area contributed by atoms with E-state index in [2.05, 4.69) is 10.2 Å². The second kappa shape index (κ2) is 11.4. The molecule has 0 spiro atoms. The fraction of sp³-hybridized carbons (Fsp3) is 0.560. The lowest BCUT2D eigenvalue weighted by Crippen LogP contribution is -2.56. The lowest BCUT2D eigenvalue weighted by Gasteiger charge is -2.42. The maximum Gasteiger partial charge on any atom is 0.338 e. The molecule has 0 saturated carbocycles. The van der Waals surface area contributed by atoms with Gasteiger partial charge in [0.15, 0.2) is 0 Å². The molecule has 2 atom stereocenters. The van der Waals surface area contributed by atoms with Gasteiger partial charge in [0, 0.05) is 56.9 Å².